The minimum absolute atomic E-state index is 0.125. The van der Waals surface area contributed by atoms with Crippen molar-refractivity contribution < 1.29 is 14.3 Å². The first kappa shape index (κ1) is 22.1. The Morgan fingerprint density at radius 1 is 1.06 bits per heavy atom. The van der Waals surface area contributed by atoms with Crippen molar-refractivity contribution in [2.24, 2.45) is 0 Å². The summed E-state index contributed by atoms with van der Waals surface area (Å²) in [5, 5.41) is 0.702. The molecule has 5 nitrogen and oxygen atoms in total. The summed E-state index contributed by atoms with van der Waals surface area (Å²) in [5.41, 5.74) is 0.704. The lowest BCUT2D eigenvalue weighted by atomic mass is 9.89. The Balaban J connectivity index is 1.63. The average molecular weight is 461 g/mol. The van der Waals surface area contributed by atoms with Crippen LogP contribution in [0.25, 0.3) is 0 Å². The third-order valence-corrected chi connectivity index (χ3v) is 6.94. The normalized spacial score (nSPS) is 20.1. The molecule has 2 aromatic rings. The van der Waals surface area contributed by atoms with Crippen molar-refractivity contribution in [3.63, 3.8) is 0 Å². The zero-order valence-corrected chi connectivity index (χ0v) is 19.0. The van der Waals surface area contributed by atoms with Crippen LogP contribution in [-0.4, -0.2) is 47.0 Å². The van der Waals surface area contributed by atoms with Crippen molar-refractivity contribution >= 4 is 35.0 Å². The monoisotopic (exact) mass is 460 g/mol. The number of nitrogens with zero attached hydrogens (tertiary/aromatic N) is 2. The molecule has 2 aliphatic rings. The molecular weight excluding hydrogens is 435 g/mol. The molecule has 31 heavy (non-hydrogen) atoms. The summed E-state index contributed by atoms with van der Waals surface area (Å²) in [4.78, 5) is 30.4. The van der Waals surface area contributed by atoms with Gasteiger partial charge in [0.2, 0.25) is 5.91 Å². The van der Waals surface area contributed by atoms with E-state index in [1.54, 1.807) is 35.0 Å². The zero-order valence-electron chi connectivity index (χ0n) is 17.5. The summed E-state index contributed by atoms with van der Waals surface area (Å²) < 4.78 is 6.22. The predicted molar refractivity (Wildman–Crippen MR) is 121 cm³/mol. The van der Waals surface area contributed by atoms with Gasteiger partial charge in [0, 0.05) is 19.2 Å². The quantitative estimate of drug-likeness (QED) is 0.633. The molecule has 164 valence electrons. The van der Waals surface area contributed by atoms with E-state index in [0.29, 0.717) is 22.2 Å². The van der Waals surface area contributed by atoms with Gasteiger partial charge < -0.3 is 9.64 Å². The lowest BCUT2D eigenvalue weighted by molar-refractivity contribution is -0.136. The molecular formula is C24H26Cl2N2O3. The van der Waals surface area contributed by atoms with Crippen LogP contribution in [0.15, 0.2) is 48.5 Å². The van der Waals surface area contributed by atoms with Crippen molar-refractivity contribution in [3.8, 4) is 0 Å². The highest BCUT2D eigenvalue weighted by Gasteiger charge is 2.53. The van der Waals surface area contributed by atoms with E-state index in [0.717, 1.165) is 37.7 Å². The summed E-state index contributed by atoms with van der Waals surface area (Å²) in [5.74, 6) is -0.371. The van der Waals surface area contributed by atoms with E-state index in [-0.39, 0.29) is 18.4 Å². The highest BCUT2D eigenvalue weighted by Crippen LogP contribution is 2.42. The number of carbonyl (C=O) groups is 2. The lowest BCUT2D eigenvalue weighted by Gasteiger charge is -2.42. The number of hydrogen-bond acceptors (Lipinski definition) is 3. The minimum atomic E-state index is -0.741. The second-order valence-corrected chi connectivity index (χ2v) is 9.13. The summed E-state index contributed by atoms with van der Waals surface area (Å²) in [6.45, 7) is 0.670. The molecule has 7 heteroatoms. The van der Waals surface area contributed by atoms with E-state index in [9.17, 15) is 9.59 Å². The molecule has 1 aliphatic carbocycles. The summed E-state index contributed by atoms with van der Waals surface area (Å²) in [7, 11) is 1.77. The topological polar surface area (TPSA) is 49.9 Å². The summed E-state index contributed by atoms with van der Waals surface area (Å²) in [6, 6.07) is 14.0. The third-order valence-electron chi connectivity index (χ3n) is 6.20. The van der Waals surface area contributed by atoms with E-state index in [1.165, 1.54) is 0 Å². The van der Waals surface area contributed by atoms with E-state index >= 15 is 0 Å². The highest BCUT2D eigenvalue weighted by atomic mass is 35.5. The molecule has 1 atom stereocenters. The summed E-state index contributed by atoms with van der Waals surface area (Å²) in [6.07, 6.45) is 4.49. The van der Waals surface area contributed by atoms with Gasteiger partial charge in [-0.05, 0) is 49.4 Å². The Bertz CT molecular complexity index is 961. The molecule has 1 unspecified atom stereocenters. The maximum absolute atomic E-state index is 13.7. The number of amides is 2. The fraction of sp³-hybridized carbons (Fsp3) is 0.417. The molecule has 0 bridgehead atoms. The van der Waals surface area contributed by atoms with Gasteiger partial charge in [-0.25, -0.2) is 0 Å². The van der Waals surface area contributed by atoms with Gasteiger partial charge in [-0.2, -0.15) is 0 Å². The van der Waals surface area contributed by atoms with Crippen LogP contribution in [0.1, 0.15) is 48.0 Å². The average Bonchev–Trinajstić information content (AvgIpc) is 3.13. The van der Waals surface area contributed by atoms with Gasteiger partial charge in [0.25, 0.3) is 5.91 Å². The van der Waals surface area contributed by atoms with Crippen LogP contribution in [0.3, 0.4) is 0 Å². The number of halogens is 2. The Morgan fingerprint density at radius 2 is 1.77 bits per heavy atom. The number of hydrogen-bond donors (Lipinski definition) is 0. The van der Waals surface area contributed by atoms with E-state index < -0.39 is 11.8 Å². The van der Waals surface area contributed by atoms with Crippen LogP contribution in [-0.2, 0) is 16.1 Å². The fourth-order valence-corrected chi connectivity index (χ4v) is 4.92. The first-order valence-electron chi connectivity index (χ1n) is 10.6. The molecule has 1 saturated carbocycles. The Hall–Kier alpha value is -2.08. The molecule has 0 radical (unpaired) electrons. The molecule has 2 amide bonds. The van der Waals surface area contributed by atoms with E-state index in [4.69, 9.17) is 27.9 Å². The lowest BCUT2D eigenvalue weighted by Crippen LogP contribution is -2.56. The Labute approximate surface area is 192 Å². The molecule has 0 N–H and O–H groups in total. The SMILES string of the molecule is CN(Cc1ccccc1)C(=O)C1COC2(CCCCC2)N1C(=O)c1ccc(Cl)c(Cl)c1. The largest absolute Gasteiger partial charge is 0.353 e. The maximum Gasteiger partial charge on any atom is 0.256 e. The standard InChI is InChI=1S/C24H26Cl2N2O3/c1-27(15-17-8-4-2-5-9-17)23(30)21-16-31-24(12-6-3-7-13-24)28(21)22(29)18-10-11-19(25)20(26)14-18/h2,4-5,8-11,14,21H,3,6-7,12-13,15-16H2,1H3. The van der Waals surface area contributed by atoms with Gasteiger partial charge in [-0.1, -0.05) is 60.0 Å². The molecule has 2 aromatic carbocycles. The van der Waals surface area contributed by atoms with Crippen molar-refractivity contribution in [1.29, 1.82) is 0 Å². The van der Waals surface area contributed by atoms with Crippen molar-refractivity contribution in [2.45, 2.75) is 50.4 Å². The van der Waals surface area contributed by atoms with Crippen molar-refractivity contribution in [2.75, 3.05) is 13.7 Å². The molecule has 1 aliphatic heterocycles. The molecule has 1 saturated heterocycles. The zero-order chi connectivity index (χ0) is 22.0. The van der Waals surface area contributed by atoms with Gasteiger partial charge in [0.15, 0.2) is 0 Å². The molecule has 1 spiro atoms. The van der Waals surface area contributed by atoms with Gasteiger partial charge >= 0.3 is 0 Å². The van der Waals surface area contributed by atoms with Gasteiger partial charge in [0.1, 0.15) is 11.8 Å². The Kier molecular flexibility index (Phi) is 6.56. The second-order valence-electron chi connectivity index (χ2n) is 8.32. The number of carbonyl (C=O) groups excluding carboxylic acids is 2. The van der Waals surface area contributed by atoms with Crippen LogP contribution in [0, 0.1) is 0 Å². The van der Waals surface area contributed by atoms with E-state index in [1.807, 2.05) is 30.3 Å². The van der Waals surface area contributed by atoms with Crippen LogP contribution in [0.4, 0.5) is 0 Å². The number of benzene rings is 2. The maximum atomic E-state index is 13.7. The van der Waals surface area contributed by atoms with Crippen LogP contribution in [0.5, 0.6) is 0 Å². The molecule has 4 rings (SSSR count). The number of ether oxygens (including phenoxy) is 1. The van der Waals surface area contributed by atoms with Gasteiger partial charge in [-0.3, -0.25) is 14.5 Å². The highest BCUT2D eigenvalue weighted by molar-refractivity contribution is 6.42. The molecule has 1 heterocycles. The van der Waals surface area contributed by atoms with Crippen LogP contribution >= 0.6 is 23.2 Å². The van der Waals surface area contributed by atoms with E-state index in [2.05, 4.69) is 0 Å². The first-order chi connectivity index (χ1) is 14.9. The van der Waals surface area contributed by atoms with Gasteiger partial charge in [-0.15, -0.1) is 0 Å². The summed E-state index contributed by atoms with van der Waals surface area (Å²) >= 11 is 12.2. The van der Waals surface area contributed by atoms with Crippen LogP contribution in [0.2, 0.25) is 10.0 Å². The predicted octanol–water partition coefficient (Wildman–Crippen LogP) is 5.15. The van der Waals surface area contributed by atoms with Crippen LogP contribution < -0.4 is 0 Å². The first-order valence-corrected chi connectivity index (χ1v) is 11.4. The Morgan fingerprint density at radius 3 is 2.45 bits per heavy atom. The van der Waals surface area contributed by atoms with Crippen molar-refractivity contribution in [3.05, 3.63) is 69.7 Å². The number of likely N-dealkylation sites (N-methyl/N-ethyl adjacent to an activating group) is 1. The number of rotatable bonds is 4. The third kappa shape index (κ3) is 4.45. The second kappa shape index (κ2) is 9.19. The molecule has 0 aromatic heterocycles. The minimum Gasteiger partial charge on any atom is -0.353 e. The smallest absolute Gasteiger partial charge is 0.256 e. The molecule has 2 fully saturated rings. The van der Waals surface area contributed by atoms with Gasteiger partial charge in [0.05, 0.1) is 16.7 Å². The fourth-order valence-electron chi connectivity index (χ4n) is 4.62. The van der Waals surface area contributed by atoms with Crippen molar-refractivity contribution in [1.82, 2.24) is 9.80 Å².